The quantitative estimate of drug-likeness (QED) is 0.501. The first-order valence-corrected chi connectivity index (χ1v) is 7.09. The van der Waals surface area contributed by atoms with Gasteiger partial charge in [0.25, 0.3) is 5.91 Å². The van der Waals surface area contributed by atoms with Crippen LogP contribution in [0.2, 0.25) is 0 Å². The third-order valence-corrected chi connectivity index (χ3v) is 3.25. The highest BCUT2D eigenvalue weighted by molar-refractivity contribution is 14.1. The van der Waals surface area contributed by atoms with E-state index in [9.17, 15) is 4.79 Å². The van der Waals surface area contributed by atoms with Crippen molar-refractivity contribution in [2.45, 2.75) is 26.7 Å². The highest BCUT2D eigenvalue weighted by atomic mass is 127. The first-order valence-electron chi connectivity index (χ1n) is 5.56. The van der Waals surface area contributed by atoms with E-state index in [-0.39, 0.29) is 5.91 Å². The fourth-order valence-corrected chi connectivity index (χ4v) is 2.04. The predicted octanol–water partition coefficient (Wildman–Crippen LogP) is 3.25. The summed E-state index contributed by atoms with van der Waals surface area (Å²) in [6.45, 7) is 4.75. The maximum Gasteiger partial charge on any atom is 0.251 e. The zero-order chi connectivity index (χ0) is 12.0. The topological polar surface area (TPSA) is 29.1 Å². The highest BCUT2D eigenvalue weighted by Crippen LogP contribution is 2.10. The summed E-state index contributed by atoms with van der Waals surface area (Å²) >= 11 is 2.35. The molecule has 0 aromatic heterocycles. The Bertz CT molecular complexity index is 363. The van der Waals surface area contributed by atoms with Crippen LogP contribution in [0, 0.1) is 13.8 Å². The standard InChI is InChI=1S/C13H18INO/c1-10-5-6-11(2)12(9-10)13(16)15-8-4-3-7-14/h5-6,9H,3-4,7-8H2,1-2H3,(H,15,16). The van der Waals surface area contributed by atoms with Crippen LogP contribution in [-0.4, -0.2) is 16.9 Å². The highest BCUT2D eigenvalue weighted by Gasteiger charge is 2.07. The van der Waals surface area contributed by atoms with Gasteiger partial charge in [-0.15, -0.1) is 0 Å². The molecule has 0 heterocycles. The van der Waals surface area contributed by atoms with Gasteiger partial charge in [-0.2, -0.15) is 0 Å². The number of rotatable bonds is 5. The molecule has 2 nitrogen and oxygen atoms in total. The van der Waals surface area contributed by atoms with Crippen molar-refractivity contribution in [2.24, 2.45) is 0 Å². The minimum absolute atomic E-state index is 0.0506. The molecule has 1 rings (SSSR count). The number of hydrogen-bond acceptors (Lipinski definition) is 1. The molecule has 0 radical (unpaired) electrons. The Morgan fingerprint density at radius 1 is 1.31 bits per heavy atom. The Balaban J connectivity index is 2.55. The third kappa shape index (κ3) is 4.12. The number of carbonyl (C=O) groups excluding carboxylic acids is 1. The average molecular weight is 331 g/mol. The molecule has 0 spiro atoms. The van der Waals surface area contributed by atoms with Crippen molar-refractivity contribution in [1.29, 1.82) is 0 Å². The molecule has 1 aromatic carbocycles. The molecule has 1 N–H and O–H groups in total. The van der Waals surface area contributed by atoms with E-state index in [1.165, 1.54) is 0 Å². The monoisotopic (exact) mass is 331 g/mol. The summed E-state index contributed by atoms with van der Waals surface area (Å²) in [4.78, 5) is 11.9. The fourth-order valence-electron chi connectivity index (χ4n) is 1.50. The number of hydrogen-bond donors (Lipinski definition) is 1. The number of unbranched alkanes of at least 4 members (excludes halogenated alkanes) is 1. The second-order valence-electron chi connectivity index (χ2n) is 3.97. The van der Waals surface area contributed by atoms with Crippen LogP contribution >= 0.6 is 22.6 Å². The minimum atomic E-state index is 0.0506. The van der Waals surface area contributed by atoms with E-state index in [0.717, 1.165) is 40.5 Å². The number of alkyl halides is 1. The average Bonchev–Trinajstić information content (AvgIpc) is 2.27. The van der Waals surface area contributed by atoms with Crippen molar-refractivity contribution >= 4 is 28.5 Å². The summed E-state index contributed by atoms with van der Waals surface area (Å²) in [5.74, 6) is 0.0506. The number of benzene rings is 1. The van der Waals surface area contributed by atoms with Crippen LogP contribution in [0.15, 0.2) is 18.2 Å². The fraction of sp³-hybridized carbons (Fsp3) is 0.462. The molecule has 0 aliphatic carbocycles. The van der Waals surface area contributed by atoms with Crippen LogP contribution in [0.25, 0.3) is 0 Å². The zero-order valence-corrected chi connectivity index (χ0v) is 12.0. The molecule has 1 aromatic rings. The summed E-state index contributed by atoms with van der Waals surface area (Å²) in [6.07, 6.45) is 2.22. The van der Waals surface area contributed by atoms with Crippen LogP contribution in [-0.2, 0) is 0 Å². The molecule has 0 aliphatic heterocycles. The van der Waals surface area contributed by atoms with Crippen molar-refractivity contribution in [3.8, 4) is 0 Å². The van der Waals surface area contributed by atoms with Gasteiger partial charge in [-0.25, -0.2) is 0 Å². The van der Waals surface area contributed by atoms with Gasteiger partial charge in [0.2, 0.25) is 0 Å². The summed E-state index contributed by atoms with van der Waals surface area (Å²) < 4.78 is 1.15. The molecule has 0 unspecified atom stereocenters. The number of aryl methyl sites for hydroxylation is 2. The summed E-state index contributed by atoms with van der Waals surface area (Å²) in [6, 6.07) is 5.97. The van der Waals surface area contributed by atoms with Crippen molar-refractivity contribution in [3.05, 3.63) is 34.9 Å². The van der Waals surface area contributed by atoms with Crippen LogP contribution in [0.5, 0.6) is 0 Å². The summed E-state index contributed by atoms with van der Waals surface area (Å²) in [5, 5.41) is 2.96. The van der Waals surface area contributed by atoms with E-state index in [2.05, 4.69) is 27.9 Å². The van der Waals surface area contributed by atoms with Crippen molar-refractivity contribution in [1.82, 2.24) is 5.32 Å². The maximum absolute atomic E-state index is 11.9. The van der Waals surface area contributed by atoms with Crippen molar-refractivity contribution < 1.29 is 4.79 Å². The lowest BCUT2D eigenvalue weighted by molar-refractivity contribution is 0.0952. The van der Waals surface area contributed by atoms with Gasteiger partial charge in [0.1, 0.15) is 0 Å². The van der Waals surface area contributed by atoms with Gasteiger partial charge in [-0.05, 0) is 42.7 Å². The Hall–Kier alpha value is -0.580. The molecule has 88 valence electrons. The van der Waals surface area contributed by atoms with Gasteiger partial charge < -0.3 is 5.32 Å². The Labute approximate surface area is 111 Å². The van der Waals surface area contributed by atoms with Crippen LogP contribution in [0.3, 0.4) is 0 Å². The lowest BCUT2D eigenvalue weighted by Crippen LogP contribution is -2.25. The van der Waals surface area contributed by atoms with E-state index in [1.807, 2.05) is 32.0 Å². The maximum atomic E-state index is 11.9. The zero-order valence-electron chi connectivity index (χ0n) is 9.85. The van der Waals surface area contributed by atoms with E-state index in [4.69, 9.17) is 0 Å². The molecular formula is C13H18INO. The molecular weight excluding hydrogens is 313 g/mol. The molecule has 0 aliphatic rings. The minimum Gasteiger partial charge on any atom is -0.352 e. The summed E-state index contributed by atoms with van der Waals surface area (Å²) in [7, 11) is 0. The van der Waals surface area contributed by atoms with Gasteiger partial charge in [0.05, 0.1) is 0 Å². The molecule has 0 fully saturated rings. The molecule has 1 amide bonds. The second kappa shape index (κ2) is 6.89. The Morgan fingerprint density at radius 2 is 2.06 bits per heavy atom. The number of halogens is 1. The number of nitrogens with one attached hydrogen (secondary N) is 1. The molecule has 0 saturated carbocycles. The van der Waals surface area contributed by atoms with E-state index < -0.39 is 0 Å². The van der Waals surface area contributed by atoms with Crippen molar-refractivity contribution in [3.63, 3.8) is 0 Å². The van der Waals surface area contributed by atoms with E-state index >= 15 is 0 Å². The summed E-state index contributed by atoms with van der Waals surface area (Å²) in [5.41, 5.74) is 2.97. The first-order chi connectivity index (χ1) is 7.65. The molecule has 0 saturated heterocycles. The van der Waals surface area contributed by atoms with Crippen LogP contribution < -0.4 is 5.32 Å². The van der Waals surface area contributed by atoms with Crippen LogP contribution in [0.1, 0.15) is 34.3 Å². The van der Waals surface area contributed by atoms with Crippen LogP contribution in [0.4, 0.5) is 0 Å². The van der Waals surface area contributed by atoms with Gasteiger partial charge >= 0.3 is 0 Å². The van der Waals surface area contributed by atoms with E-state index in [1.54, 1.807) is 0 Å². The first kappa shape index (κ1) is 13.5. The van der Waals surface area contributed by atoms with Gasteiger partial charge in [-0.3, -0.25) is 4.79 Å². The lowest BCUT2D eigenvalue weighted by Gasteiger charge is -2.08. The van der Waals surface area contributed by atoms with Crippen molar-refractivity contribution in [2.75, 3.05) is 11.0 Å². The largest absolute Gasteiger partial charge is 0.352 e. The lowest BCUT2D eigenvalue weighted by atomic mass is 10.1. The second-order valence-corrected chi connectivity index (χ2v) is 5.05. The SMILES string of the molecule is Cc1ccc(C)c(C(=O)NCCCCI)c1. The molecule has 16 heavy (non-hydrogen) atoms. The van der Waals surface area contributed by atoms with Gasteiger partial charge in [0, 0.05) is 12.1 Å². The third-order valence-electron chi connectivity index (χ3n) is 2.48. The Kier molecular flexibility index (Phi) is 5.80. The number of carbonyl (C=O) groups is 1. The smallest absolute Gasteiger partial charge is 0.251 e. The van der Waals surface area contributed by atoms with Gasteiger partial charge in [0.15, 0.2) is 0 Å². The number of amides is 1. The Morgan fingerprint density at radius 3 is 2.75 bits per heavy atom. The van der Waals surface area contributed by atoms with E-state index in [0.29, 0.717) is 0 Å². The predicted molar refractivity (Wildman–Crippen MR) is 76.4 cm³/mol. The molecule has 0 atom stereocenters. The normalized spacial score (nSPS) is 10.2. The molecule has 3 heteroatoms. The molecule has 0 bridgehead atoms. The van der Waals surface area contributed by atoms with Gasteiger partial charge in [-0.1, -0.05) is 40.3 Å².